The molecule has 3 rings (SSSR count). The van der Waals surface area contributed by atoms with E-state index in [0.717, 1.165) is 24.1 Å². The van der Waals surface area contributed by atoms with Crippen LogP contribution in [0.15, 0.2) is 41.5 Å². The summed E-state index contributed by atoms with van der Waals surface area (Å²) in [4.78, 5) is 9.95. The molecule has 1 saturated carbocycles. The average Bonchev–Trinajstić information content (AvgIpc) is 2.96. The number of aromatic nitrogens is 1. The van der Waals surface area contributed by atoms with Gasteiger partial charge in [0.05, 0.1) is 6.54 Å². The van der Waals surface area contributed by atoms with Crippen LogP contribution in [0, 0.1) is 6.92 Å². The first-order valence-electron chi connectivity index (χ1n) is 8.13. The van der Waals surface area contributed by atoms with Gasteiger partial charge in [-0.1, -0.05) is 36.8 Å². The molecule has 0 atom stereocenters. The maximum atomic E-state index is 4.38. The van der Waals surface area contributed by atoms with Crippen molar-refractivity contribution in [2.45, 2.75) is 38.1 Å². The predicted molar refractivity (Wildman–Crippen MR) is 112 cm³/mol. The molecule has 2 aromatic rings. The molecule has 1 aliphatic carbocycles. The Morgan fingerprint density at radius 3 is 2.54 bits per heavy atom. The molecule has 1 heterocycles. The topological polar surface area (TPSA) is 49.3 Å². The maximum absolute atomic E-state index is 4.38. The molecule has 0 amide bonds. The Hall–Kier alpha value is -1.15. The molecule has 0 aliphatic heterocycles. The molecule has 1 aromatic carbocycles. The first-order valence-corrected chi connectivity index (χ1v) is 8.95. The molecule has 0 radical (unpaired) electrons. The smallest absolute Gasteiger partial charge is 0.191 e. The molecule has 1 fully saturated rings. The number of benzene rings is 1. The van der Waals surface area contributed by atoms with Crippen LogP contribution < -0.4 is 10.6 Å². The van der Waals surface area contributed by atoms with Crippen LogP contribution in [-0.4, -0.2) is 24.5 Å². The van der Waals surface area contributed by atoms with E-state index in [-0.39, 0.29) is 29.4 Å². The van der Waals surface area contributed by atoms with Gasteiger partial charge in [0.1, 0.15) is 5.01 Å². The highest BCUT2D eigenvalue weighted by Crippen LogP contribution is 2.43. The molecule has 0 saturated heterocycles. The fourth-order valence-electron chi connectivity index (χ4n) is 3.08. The summed E-state index contributed by atoms with van der Waals surface area (Å²) in [5.41, 5.74) is 1.70. The Balaban J connectivity index is 0.00000208. The summed E-state index contributed by atoms with van der Waals surface area (Å²) in [6.07, 6.45) is 5.71. The summed E-state index contributed by atoms with van der Waals surface area (Å²) in [5.74, 6) is 0.847. The highest BCUT2D eigenvalue weighted by atomic mass is 127. The van der Waals surface area contributed by atoms with Crippen LogP contribution in [0.3, 0.4) is 0 Å². The van der Waals surface area contributed by atoms with Crippen molar-refractivity contribution in [2.75, 3.05) is 13.6 Å². The first kappa shape index (κ1) is 19.2. The van der Waals surface area contributed by atoms with E-state index < -0.39 is 0 Å². The number of guanidine groups is 1. The Morgan fingerprint density at radius 2 is 2.00 bits per heavy atom. The number of nitrogens with one attached hydrogen (secondary N) is 2. The minimum absolute atomic E-state index is 0. The SMILES string of the molecule is CN=C(NCc1ncc(C)s1)NCC1(c2ccccc2)CCC1.I. The van der Waals surface area contributed by atoms with Crippen molar-refractivity contribution in [3.8, 4) is 0 Å². The fraction of sp³-hybridized carbons (Fsp3) is 0.444. The molecule has 1 aromatic heterocycles. The summed E-state index contributed by atoms with van der Waals surface area (Å²) in [6.45, 7) is 3.72. The van der Waals surface area contributed by atoms with E-state index in [1.54, 1.807) is 11.3 Å². The summed E-state index contributed by atoms with van der Waals surface area (Å²) < 4.78 is 0. The quantitative estimate of drug-likeness (QED) is 0.408. The molecule has 6 heteroatoms. The third-order valence-corrected chi connectivity index (χ3v) is 5.50. The van der Waals surface area contributed by atoms with Gasteiger partial charge < -0.3 is 10.6 Å². The predicted octanol–water partition coefficient (Wildman–Crippen LogP) is 3.86. The molecule has 130 valence electrons. The molecule has 24 heavy (non-hydrogen) atoms. The van der Waals surface area contributed by atoms with E-state index >= 15 is 0 Å². The zero-order valence-electron chi connectivity index (χ0n) is 14.2. The van der Waals surface area contributed by atoms with Crippen molar-refractivity contribution < 1.29 is 0 Å². The highest BCUT2D eigenvalue weighted by Gasteiger charge is 2.38. The summed E-state index contributed by atoms with van der Waals surface area (Å²) in [5, 5.41) is 7.95. The summed E-state index contributed by atoms with van der Waals surface area (Å²) in [6, 6.07) is 10.8. The minimum atomic E-state index is 0. The van der Waals surface area contributed by atoms with Crippen LogP contribution in [0.2, 0.25) is 0 Å². The number of nitrogens with zero attached hydrogens (tertiary/aromatic N) is 2. The van der Waals surface area contributed by atoms with Crippen LogP contribution in [0.5, 0.6) is 0 Å². The number of rotatable bonds is 5. The Morgan fingerprint density at radius 1 is 1.25 bits per heavy atom. The second-order valence-corrected chi connectivity index (χ2v) is 7.46. The molecule has 0 unspecified atom stereocenters. The van der Waals surface area contributed by atoms with E-state index in [1.807, 2.05) is 13.2 Å². The van der Waals surface area contributed by atoms with Crippen LogP contribution in [0.4, 0.5) is 0 Å². The lowest BCUT2D eigenvalue weighted by Gasteiger charge is -2.43. The largest absolute Gasteiger partial charge is 0.356 e. The fourth-order valence-corrected chi connectivity index (χ4v) is 3.81. The Bertz CT molecular complexity index is 665. The Labute approximate surface area is 165 Å². The van der Waals surface area contributed by atoms with Gasteiger partial charge in [0.2, 0.25) is 0 Å². The van der Waals surface area contributed by atoms with Crippen molar-refractivity contribution in [1.82, 2.24) is 15.6 Å². The first-order chi connectivity index (χ1) is 11.2. The van der Waals surface area contributed by atoms with Crippen molar-refractivity contribution in [3.63, 3.8) is 0 Å². The van der Waals surface area contributed by atoms with Gasteiger partial charge >= 0.3 is 0 Å². The highest BCUT2D eigenvalue weighted by molar-refractivity contribution is 14.0. The maximum Gasteiger partial charge on any atom is 0.191 e. The van der Waals surface area contributed by atoms with E-state index in [4.69, 9.17) is 0 Å². The standard InChI is InChI=1S/C18H24N4S.HI/c1-14-11-20-16(23-14)12-21-17(19-2)22-13-18(9-6-10-18)15-7-4-3-5-8-15;/h3-5,7-8,11H,6,9-10,12-13H2,1-2H3,(H2,19,21,22);1H. The lowest BCUT2D eigenvalue weighted by molar-refractivity contribution is 0.244. The zero-order valence-corrected chi connectivity index (χ0v) is 17.4. The molecule has 0 spiro atoms. The van der Waals surface area contributed by atoms with E-state index in [2.05, 4.69) is 57.9 Å². The number of aryl methyl sites for hydroxylation is 1. The average molecular weight is 456 g/mol. The van der Waals surface area contributed by atoms with Gasteiger partial charge in [0.25, 0.3) is 0 Å². The number of halogens is 1. The molecule has 4 nitrogen and oxygen atoms in total. The normalized spacial score (nSPS) is 16.0. The monoisotopic (exact) mass is 456 g/mol. The van der Waals surface area contributed by atoms with Crippen molar-refractivity contribution in [3.05, 3.63) is 52.0 Å². The van der Waals surface area contributed by atoms with Gasteiger partial charge in [-0.05, 0) is 25.3 Å². The minimum Gasteiger partial charge on any atom is -0.356 e. The number of aliphatic imine (C=N–C) groups is 1. The lowest BCUT2D eigenvalue weighted by atomic mass is 9.64. The van der Waals surface area contributed by atoms with Crippen LogP contribution >= 0.6 is 35.3 Å². The van der Waals surface area contributed by atoms with E-state index in [9.17, 15) is 0 Å². The second-order valence-electron chi connectivity index (χ2n) is 6.14. The van der Waals surface area contributed by atoms with Gasteiger partial charge in [-0.3, -0.25) is 4.99 Å². The summed E-state index contributed by atoms with van der Waals surface area (Å²) in [7, 11) is 1.82. The zero-order chi connectivity index (χ0) is 16.1. The van der Waals surface area contributed by atoms with Crippen molar-refractivity contribution in [2.24, 2.45) is 4.99 Å². The van der Waals surface area contributed by atoms with Crippen LogP contribution in [-0.2, 0) is 12.0 Å². The van der Waals surface area contributed by atoms with E-state index in [1.165, 1.54) is 29.7 Å². The second kappa shape index (κ2) is 8.80. The molecule has 2 N–H and O–H groups in total. The number of hydrogen-bond acceptors (Lipinski definition) is 3. The van der Waals surface area contributed by atoms with Gasteiger partial charge in [-0.15, -0.1) is 35.3 Å². The molecule has 0 bridgehead atoms. The van der Waals surface area contributed by atoms with Crippen LogP contribution in [0.25, 0.3) is 0 Å². The Kier molecular flexibility index (Phi) is 7.03. The van der Waals surface area contributed by atoms with Gasteiger partial charge in [0, 0.05) is 30.1 Å². The van der Waals surface area contributed by atoms with Crippen molar-refractivity contribution >= 4 is 41.3 Å². The molecular formula is C18H25IN4S. The molecule has 1 aliphatic rings. The van der Waals surface area contributed by atoms with Crippen LogP contribution in [0.1, 0.15) is 34.7 Å². The lowest BCUT2D eigenvalue weighted by Crippen LogP contribution is -2.48. The number of thiazole rings is 1. The number of hydrogen-bond donors (Lipinski definition) is 2. The molecular weight excluding hydrogens is 431 g/mol. The van der Waals surface area contributed by atoms with Gasteiger partial charge in [0.15, 0.2) is 5.96 Å². The van der Waals surface area contributed by atoms with Crippen molar-refractivity contribution in [1.29, 1.82) is 0 Å². The summed E-state index contributed by atoms with van der Waals surface area (Å²) >= 11 is 1.72. The van der Waals surface area contributed by atoms with E-state index in [0.29, 0.717) is 0 Å². The van der Waals surface area contributed by atoms with Gasteiger partial charge in [-0.25, -0.2) is 4.98 Å². The van der Waals surface area contributed by atoms with Gasteiger partial charge in [-0.2, -0.15) is 0 Å². The third-order valence-electron chi connectivity index (χ3n) is 4.59. The third kappa shape index (κ3) is 4.47.